The van der Waals surface area contributed by atoms with Crippen molar-refractivity contribution in [2.45, 2.75) is 0 Å². The Hall–Kier alpha value is -2.70. The third-order valence-corrected chi connectivity index (χ3v) is 4.78. The van der Waals surface area contributed by atoms with Gasteiger partial charge in [0.25, 0.3) is 0 Å². The van der Waals surface area contributed by atoms with Crippen LogP contribution in [-0.4, -0.2) is 51.0 Å². The second-order valence-electron chi connectivity index (χ2n) is 3.88. The van der Waals surface area contributed by atoms with Gasteiger partial charge in [-0.25, -0.2) is 4.79 Å². The van der Waals surface area contributed by atoms with Crippen molar-refractivity contribution in [1.82, 2.24) is 5.32 Å². The molecule has 128 valence electrons. The van der Waals surface area contributed by atoms with Gasteiger partial charge in [-0.3, -0.25) is 0 Å². The van der Waals surface area contributed by atoms with Gasteiger partial charge in [-0.1, -0.05) is 18.2 Å². The maximum atomic E-state index is 10.7. The molecule has 1 heterocycles. The van der Waals surface area contributed by atoms with Crippen molar-refractivity contribution in [3.63, 3.8) is 0 Å². The number of carbonyl (C=O) groups is 1. The first kappa shape index (κ1) is 19.3. The summed E-state index contributed by atoms with van der Waals surface area (Å²) in [4.78, 5) is 8.12. The van der Waals surface area contributed by atoms with Crippen LogP contribution in [0.5, 0.6) is 0 Å². The second-order valence-corrected chi connectivity index (χ2v) is 6.54. The van der Waals surface area contributed by atoms with Crippen molar-refractivity contribution in [2.75, 3.05) is 0 Å². The average Bonchev–Trinajstić information content (AvgIpc) is 2.55. The van der Waals surface area contributed by atoms with Crippen LogP contribution < -0.4 is 5.32 Å². The quantitative estimate of drug-likeness (QED) is 0.551. The van der Waals surface area contributed by atoms with E-state index in [-0.39, 0.29) is 0 Å². The lowest BCUT2D eigenvalue weighted by Gasteiger charge is -2.06. The summed E-state index contributed by atoms with van der Waals surface area (Å²) in [5.74, 6) is -0.879. The molecule has 0 unspecified atom stereocenters. The van der Waals surface area contributed by atoms with Crippen molar-refractivity contribution >= 4 is 51.6 Å². The van der Waals surface area contributed by atoms with Crippen LogP contribution in [0, 0.1) is 0 Å². The zero-order chi connectivity index (χ0) is 18.3. The molecular weight excluding hydrogens is 382 g/mol. The lowest BCUT2D eigenvalue weighted by molar-refractivity contribution is 0.0697. The maximum Gasteiger partial charge on any atom is 0.335 e. The minimum atomic E-state index is -2.96. The van der Waals surface area contributed by atoms with Crippen LogP contribution in [0.25, 0.3) is 0 Å². The Bertz CT molecular complexity index is 1070. The number of rotatable bonds is 1. The molecule has 0 aromatic heterocycles. The summed E-state index contributed by atoms with van der Waals surface area (Å²) >= 11 is 0. The molecule has 0 radical (unpaired) electrons. The predicted molar refractivity (Wildman–Crippen MR) is 87.5 cm³/mol. The Kier molecular flexibility index (Phi) is 7.10. The molecule has 1 aliphatic heterocycles. The van der Waals surface area contributed by atoms with Gasteiger partial charge in [-0.15, -0.1) is 0 Å². The molecule has 12 heteroatoms. The van der Waals surface area contributed by atoms with Gasteiger partial charge in [0.1, 0.15) is 4.86 Å². The number of hydrogen-bond donors (Lipinski definition) is 2. The van der Waals surface area contributed by atoms with Crippen LogP contribution >= 0.6 is 0 Å². The summed E-state index contributed by atoms with van der Waals surface area (Å²) < 4.78 is 63.8. The zero-order valence-electron chi connectivity index (χ0n) is 11.6. The minimum Gasteiger partial charge on any atom is -0.478 e. The molecule has 1 aromatic rings. The summed E-state index contributed by atoms with van der Waals surface area (Å²) in [7, 11) is -8.64. The number of carboxylic acid groups (broad SMARTS) is 1. The van der Waals surface area contributed by atoms with Crippen LogP contribution in [0.1, 0.15) is 10.4 Å². The van der Waals surface area contributed by atoms with E-state index in [4.69, 9.17) is 5.11 Å². The van der Waals surface area contributed by atoms with Gasteiger partial charge < -0.3 is 10.4 Å². The van der Waals surface area contributed by atoms with Crippen LogP contribution in [0.15, 0.2) is 42.6 Å². The van der Waals surface area contributed by atoms with E-state index in [0.29, 0.717) is 5.56 Å². The highest BCUT2D eigenvalue weighted by Crippen LogP contribution is 1.96. The fourth-order valence-electron chi connectivity index (χ4n) is 1.44. The molecule has 24 heavy (non-hydrogen) atoms. The summed E-state index contributed by atoms with van der Waals surface area (Å²) in [6, 6.07) is 8.30. The lowest BCUT2D eigenvalue weighted by atomic mass is 10.2. The Morgan fingerprint density at radius 1 is 0.875 bits per heavy atom. The van der Waals surface area contributed by atoms with Gasteiger partial charge in [0.15, 0.2) is 9.85 Å². The molecule has 0 atom stereocenters. The van der Waals surface area contributed by atoms with Gasteiger partial charge in [-0.2, -0.15) is 25.3 Å². The normalized spacial score (nSPS) is 12.6. The highest BCUT2D eigenvalue weighted by molar-refractivity contribution is 7.88. The number of carboxylic acids is 1. The van der Waals surface area contributed by atoms with Crippen molar-refractivity contribution in [2.24, 2.45) is 0 Å². The highest BCUT2D eigenvalue weighted by atomic mass is 32.2. The predicted octanol–water partition coefficient (Wildman–Crippen LogP) is -1.40. The smallest absolute Gasteiger partial charge is 0.335 e. The maximum absolute atomic E-state index is 10.7. The number of allylic oxidation sites excluding steroid dienone is 1. The van der Waals surface area contributed by atoms with Gasteiger partial charge >= 0.3 is 5.97 Å². The summed E-state index contributed by atoms with van der Waals surface area (Å²) in [5.41, 5.74) is 0.331. The van der Waals surface area contributed by atoms with Crippen LogP contribution in [-0.2, 0) is 30.9 Å². The molecule has 1 aromatic carbocycles. The van der Waals surface area contributed by atoms with E-state index in [0.717, 1.165) is 12.3 Å². The third kappa shape index (κ3) is 5.19. The summed E-state index contributed by atoms with van der Waals surface area (Å²) in [5, 5.41) is 10.5. The second kappa shape index (κ2) is 8.81. The van der Waals surface area contributed by atoms with Crippen LogP contribution in [0.3, 0.4) is 0 Å². The number of nitrogens with one attached hydrogen (secondary N) is 1. The summed E-state index contributed by atoms with van der Waals surface area (Å²) in [6.07, 6.45) is 1.97. The highest BCUT2D eigenvalue weighted by Gasteiger charge is 2.21. The van der Waals surface area contributed by atoms with Crippen molar-refractivity contribution in [1.29, 1.82) is 0 Å². The molecule has 2 N–H and O–H groups in total. The third-order valence-electron chi connectivity index (χ3n) is 2.41. The lowest BCUT2D eigenvalue weighted by Crippen LogP contribution is -2.38. The van der Waals surface area contributed by atoms with Gasteiger partial charge in [0.05, 0.1) is 5.56 Å². The molecule has 0 aliphatic carbocycles. The molecule has 0 bridgehead atoms. The van der Waals surface area contributed by atoms with E-state index in [1.54, 1.807) is 30.3 Å². The monoisotopic (exact) mass is 391 g/mol. The van der Waals surface area contributed by atoms with Crippen LogP contribution in [0.4, 0.5) is 0 Å². The van der Waals surface area contributed by atoms with E-state index in [1.807, 2.05) is 0 Å². The number of hydrogen-bond acceptors (Lipinski definition) is 7. The average molecular weight is 391 g/mol. The van der Waals surface area contributed by atoms with Gasteiger partial charge in [-0.05, 0) is 18.2 Å². The molecule has 1 aliphatic rings. The first-order valence-corrected chi connectivity index (χ1v) is 9.09. The van der Waals surface area contributed by atoms with E-state index < -0.39 is 51.6 Å². The Morgan fingerprint density at radius 3 is 1.83 bits per heavy atom. The standard InChI is InChI=1S/C7H6O2.C5H3NO6S3/c8-7(9)6-4-2-1-3-5-6;7-13(8)3-1-2-6-5(15(11)12)4(3)14(9)10/h1-5H,(H,8,9);1-2,6H. The Balaban J connectivity index is 0.000000272. The minimum absolute atomic E-state index is 0.331. The largest absolute Gasteiger partial charge is 0.478 e. The van der Waals surface area contributed by atoms with Gasteiger partial charge in [0.2, 0.25) is 30.9 Å². The first-order chi connectivity index (χ1) is 11.3. The van der Waals surface area contributed by atoms with E-state index >= 15 is 0 Å². The fraction of sp³-hybridized carbons (Fsp3) is 0. The molecular formula is C12H9NO8S3. The fourth-order valence-corrected chi connectivity index (χ4v) is 3.62. The molecule has 0 fully saturated rings. The van der Waals surface area contributed by atoms with Crippen LogP contribution in [0.2, 0.25) is 0 Å². The number of benzene rings is 1. The van der Waals surface area contributed by atoms with Gasteiger partial charge in [0, 0.05) is 6.20 Å². The molecule has 0 spiro atoms. The zero-order valence-corrected chi connectivity index (χ0v) is 14.0. The van der Waals surface area contributed by atoms with Crippen molar-refractivity contribution < 1.29 is 35.2 Å². The van der Waals surface area contributed by atoms with E-state index in [1.165, 1.54) is 0 Å². The molecule has 0 amide bonds. The molecule has 0 saturated heterocycles. The first-order valence-electron chi connectivity index (χ1n) is 5.86. The SMILES string of the molecule is O=C(O)c1ccccc1.O=S(=O)=C1C=CNC(=S(=O)=O)C1=S(=O)=O. The Morgan fingerprint density at radius 2 is 1.46 bits per heavy atom. The van der Waals surface area contributed by atoms with Crippen molar-refractivity contribution in [3.05, 3.63) is 48.2 Å². The topological polar surface area (TPSA) is 152 Å². The van der Waals surface area contributed by atoms with E-state index in [2.05, 4.69) is 5.32 Å². The Labute approximate surface area is 140 Å². The summed E-state index contributed by atoms with van der Waals surface area (Å²) in [6.45, 7) is 0. The molecule has 0 saturated carbocycles. The number of aromatic carboxylic acids is 1. The van der Waals surface area contributed by atoms with Crippen molar-refractivity contribution in [3.8, 4) is 0 Å². The molecule has 2 rings (SSSR count). The van der Waals surface area contributed by atoms with E-state index in [9.17, 15) is 30.0 Å². The molecule has 9 nitrogen and oxygen atoms in total.